The van der Waals surface area contributed by atoms with Gasteiger partial charge in [-0.25, -0.2) is 0 Å². The molecule has 1 aromatic rings. The van der Waals surface area contributed by atoms with E-state index in [-0.39, 0.29) is 10.6 Å². The molecule has 0 spiro atoms. The first-order chi connectivity index (χ1) is 7.60. The van der Waals surface area contributed by atoms with E-state index in [0.29, 0.717) is 11.0 Å². The van der Waals surface area contributed by atoms with Crippen molar-refractivity contribution < 1.29 is 4.92 Å². The van der Waals surface area contributed by atoms with Crippen LogP contribution in [0, 0.1) is 10.1 Å². The van der Waals surface area contributed by atoms with Gasteiger partial charge < -0.3 is 4.90 Å². The van der Waals surface area contributed by atoms with Gasteiger partial charge in [-0.05, 0) is 18.1 Å². The maximum Gasteiger partial charge on any atom is 0.292 e. The van der Waals surface area contributed by atoms with Gasteiger partial charge in [0.05, 0.1) is 4.92 Å². The highest BCUT2D eigenvalue weighted by atomic mass is 79.9. The molecule has 0 bridgehead atoms. The lowest BCUT2D eigenvalue weighted by Crippen LogP contribution is -2.19. The van der Waals surface area contributed by atoms with Gasteiger partial charge in [0.2, 0.25) is 0 Å². The topological polar surface area (TPSA) is 46.4 Å². The second-order valence-electron chi connectivity index (χ2n) is 3.64. The molecular formula is C11H15BrN2O2. The van der Waals surface area contributed by atoms with Gasteiger partial charge in [-0.1, -0.05) is 28.9 Å². The van der Waals surface area contributed by atoms with Crippen LogP contribution in [-0.4, -0.2) is 18.5 Å². The van der Waals surface area contributed by atoms with Crippen LogP contribution in [-0.2, 0) is 5.33 Å². The molecule has 0 atom stereocenters. The van der Waals surface area contributed by atoms with Gasteiger partial charge in [0.15, 0.2) is 0 Å². The Morgan fingerprint density at radius 1 is 1.50 bits per heavy atom. The first-order valence-electron chi connectivity index (χ1n) is 5.14. The second kappa shape index (κ2) is 5.84. The lowest BCUT2D eigenvalue weighted by Gasteiger charge is -2.18. The zero-order valence-corrected chi connectivity index (χ0v) is 11.0. The van der Waals surface area contributed by atoms with Gasteiger partial charge in [-0.15, -0.1) is 0 Å². The Balaban J connectivity index is 3.12. The van der Waals surface area contributed by atoms with Crippen molar-refractivity contribution in [2.45, 2.75) is 18.7 Å². The van der Waals surface area contributed by atoms with Crippen molar-refractivity contribution in [1.82, 2.24) is 0 Å². The van der Waals surface area contributed by atoms with Crippen LogP contribution < -0.4 is 4.90 Å². The Morgan fingerprint density at radius 2 is 2.19 bits per heavy atom. The smallest absolute Gasteiger partial charge is 0.292 e. The standard InChI is InChI=1S/C11H15BrN2O2/c1-3-6-13(2)10-5-4-9(8-12)7-11(10)14(15)16/h4-5,7H,3,6,8H2,1-2H3. The summed E-state index contributed by atoms with van der Waals surface area (Å²) in [5.74, 6) is 0. The number of alkyl halides is 1. The molecule has 0 aromatic heterocycles. The van der Waals surface area contributed by atoms with Gasteiger partial charge in [0, 0.05) is 25.0 Å². The Hall–Kier alpha value is -1.10. The van der Waals surface area contributed by atoms with Crippen LogP contribution in [0.25, 0.3) is 0 Å². The minimum absolute atomic E-state index is 0.174. The summed E-state index contributed by atoms with van der Waals surface area (Å²) in [5.41, 5.74) is 1.77. The van der Waals surface area contributed by atoms with Crippen LogP contribution in [0.2, 0.25) is 0 Å². The monoisotopic (exact) mass is 286 g/mol. The van der Waals surface area contributed by atoms with E-state index in [9.17, 15) is 10.1 Å². The Bertz CT molecular complexity index is 382. The molecule has 0 amide bonds. The number of halogens is 1. The summed E-state index contributed by atoms with van der Waals surface area (Å²) in [5, 5.41) is 11.6. The summed E-state index contributed by atoms with van der Waals surface area (Å²) >= 11 is 3.30. The molecule has 5 heteroatoms. The number of hydrogen-bond acceptors (Lipinski definition) is 3. The molecule has 0 saturated carbocycles. The first kappa shape index (κ1) is 13.0. The summed E-state index contributed by atoms with van der Waals surface area (Å²) in [7, 11) is 1.87. The fourth-order valence-corrected chi connectivity index (χ4v) is 1.93. The molecule has 0 aliphatic heterocycles. The van der Waals surface area contributed by atoms with Crippen molar-refractivity contribution in [2.24, 2.45) is 0 Å². The SMILES string of the molecule is CCCN(C)c1ccc(CBr)cc1[N+](=O)[O-]. The third-order valence-corrected chi connectivity index (χ3v) is 3.01. The summed E-state index contributed by atoms with van der Waals surface area (Å²) in [4.78, 5) is 12.5. The predicted molar refractivity (Wildman–Crippen MR) is 69.3 cm³/mol. The van der Waals surface area contributed by atoms with E-state index < -0.39 is 0 Å². The van der Waals surface area contributed by atoms with Crippen molar-refractivity contribution in [3.8, 4) is 0 Å². The highest BCUT2D eigenvalue weighted by Crippen LogP contribution is 2.29. The van der Waals surface area contributed by atoms with E-state index in [1.807, 2.05) is 24.1 Å². The van der Waals surface area contributed by atoms with Gasteiger partial charge in [-0.2, -0.15) is 0 Å². The molecule has 0 heterocycles. The van der Waals surface area contributed by atoms with Crippen LogP contribution in [0.5, 0.6) is 0 Å². The molecule has 0 saturated heterocycles. The molecule has 0 fully saturated rings. The fourth-order valence-electron chi connectivity index (χ4n) is 1.58. The minimum Gasteiger partial charge on any atom is -0.369 e. The molecule has 0 unspecified atom stereocenters. The van der Waals surface area contributed by atoms with Gasteiger partial charge >= 0.3 is 0 Å². The van der Waals surface area contributed by atoms with Crippen LogP contribution >= 0.6 is 15.9 Å². The molecular weight excluding hydrogens is 272 g/mol. The van der Waals surface area contributed by atoms with E-state index in [4.69, 9.17) is 0 Å². The Morgan fingerprint density at radius 3 is 2.69 bits per heavy atom. The average molecular weight is 287 g/mol. The zero-order valence-electron chi connectivity index (χ0n) is 9.44. The minimum atomic E-state index is -0.326. The highest BCUT2D eigenvalue weighted by molar-refractivity contribution is 9.08. The molecule has 16 heavy (non-hydrogen) atoms. The third kappa shape index (κ3) is 2.95. The van der Waals surface area contributed by atoms with E-state index in [1.54, 1.807) is 6.07 Å². The van der Waals surface area contributed by atoms with Crippen LogP contribution in [0.15, 0.2) is 18.2 Å². The van der Waals surface area contributed by atoms with E-state index >= 15 is 0 Å². The largest absolute Gasteiger partial charge is 0.369 e. The molecule has 0 aliphatic rings. The summed E-state index contributed by atoms with van der Waals surface area (Å²) < 4.78 is 0. The van der Waals surface area contributed by atoms with E-state index in [1.165, 1.54) is 0 Å². The van der Waals surface area contributed by atoms with Crippen molar-refractivity contribution in [1.29, 1.82) is 0 Å². The average Bonchev–Trinajstić information content (AvgIpc) is 2.28. The summed E-state index contributed by atoms with van der Waals surface area (Å²) in [6.07, 6.45) is 0.966. The Labute approximate surface area is 104 Å². The summed E-state index contributed by atoms with van der Waals surface area (Å²) in [6, 6.07) is 5.34. The fraction of sp³-hybridized carbons (Fsp3) is 0.455. The maximum atomic E-state index is 11.0. The zero-order chi connectivity index (χ0) is 12.1. The number of benzene rings is 1. The lowest BCUT2D eigenvalue weighted by molar-refractivity contribution is -0.384. The molecule has 1 rings (SSSR count). The van der Waals surface area contributed by atoms with Crippen molar-refractivity contribution >= 4 is 27.3 Å². The van der Waals surface area contributed by atoms with Crippen LogP contribution in [0.1, 0.15) is 18.9 Å². The van der Waals surface area contributed by atoms with Gasteiger partial charge in [0.1, 0.15) is 5.69 Å². The first-order valence-corrected chi connectivity index (χ1v) is 6.26. The van der Waals surface area contributed by atoms with E-state index in [2.05, 4.69) is 22.9 Å². The molecule has 0 radical (unpaired) electrons. The number of nitrogens with zero attached hydrogens (tertiary/aromatic N) is 2. The number of rotatable bonds is 5. The normalized spacial score (nSPS) is 10.2. The summed E-state index contributed by atoms with van der Waals surface area (Å²) in [6.45, 7) is 2.86. The van der Waals surface area contributed by atoms with Gasteiger partial charge in [-0.3, -0.25) is 10.1 Å². The van der Waals surface area contributed by atoms with Crippen molar-refractivity contribution in [2.75, 3.05) is 18.5 Å². The second-order valence-corrected chi connectivity index (χ2v) is 4.20. The maximum absolute atomic E-state index is 11.0. The third-order valence-electron chi connectivity index (χ3n) is 2.36. The molecule has 1 aromatic carbocycles. The Kier molecular flexibility index (Phi) is 4.73. The highest BCUT2D eigenvalue weighted by Gasteiger charge is 2.16. The van der Waals surface area contributed by atoms with E-state index in [0.717, 1.165) is 18.5 Å². The van der Waals surface area contributed by atoms with Crippen LogP contribution in [0.3, 0.4) is 0 Å². The lowest BCUT2D eigenvalue weighted by atomic mass is 10.2. The quantitative estimate of drug-likeness (QED) is 0.474. The number of nitro groups is 1. The number of anilines is 1. The van der Waals surface area contributed by atoms with Crippen molar-refractivity contribution in [3.63, 3.8) is 0 Å². The molecule has 88 valence electrons. The van der Waals surface area contributed by atoms with Crippen molar-refractivity contribution in [3.05, 3.63) is 33.9 Å². The molecule has 0 aliphatic carbocycles. The van der Waals surface area contributed by atoms with Gasteiger partial charge in [0.25, 0.3) is 5.69 Å². The molecule has 0 N–H and O–H groups in total. The predicted octanol–water partition coefficient (Wildman–Crippen LogP) is 3.34. The molecule has 4 nitrogen and oxygen atoms in total. The van der Waals surface area contributed by atoms with Crippen LogP contribution in [0.4, 0.5) is 11.4 Å². The number of hydrogen-bond donors (Lipinski definition) is 0. The number of nitro benzene ring substituents is 1.